The Morgan fingerprint density at radius 1 is 1.32 bits per heavy atom. The summed E-state index contributed by atoms with van der Waals surface area (Å²) in [4.78, 5) is 18.7. The second kappa shape index (κ2) is 8.87. The first kappa shape index (κ1) is 17.8. The van der Waals surface area contributed by atoms with Gasteiger partial charge in [0, 0.05) is 36.7 Å². The Bertz CT molecular complexity index is 690. The van der Waals surface area contributed by atoms with Crippen LogP contribution in [0.1, 0.15) is 22.3 Å². The first-order chi connectivity index (χ1) is 12.3. The summed E-state index contributed by atoms with van der Waals surface area (Å²) in [7, 11) is 0. The molecule has 1 N–H and O–H groups in total. The molecule has 0 radical (unpaired) electrons. The minimum atomic E-state index is -0.133. The number of nitrogens with zero attached hydrogens (tertiary/aromatic N) is 2. The summed E-state index contributed by atoms with van der Waals surface area (Å²) in [5.41, 5.74) is 1.55. The van der Waals surface area contributed by atoms with Crippen LogP contribution in [0.25, 0.3) is 0 Å². The van der Waals surface area contributed by atoms with Gasteiger partial charge in [-0.1, -0.05) is 30.3 Å². The van der Waals surface area contributed by atoms with E-state index < -0.39 is 0 Å². The molecule has 0 spiro atoms. The van der Waals surface area contributed by atoms with Gasteiger partial charge in [0.25, 0.3) is 5.91 Å². The Hall–Kier alpha value is -2.05. The van der Waals surface area contributed by atoms with Gasteiger partial charge in [-0.05, 0) is 23.8 Å². The maximum absolute atomic E-state index is 12.9. The highest BCUT2D eigenvalue weighted by molar-refractivity contribution is 7.99. The first-order valence-electron chi connectivity index (χ1n) is 8.41. The fourth-order valence-corrected chi connectivity index (χ4v) is 3.84. The zero-order valence-corrected chi connectivity index (χ0v) is 14.8. The highest BCUT2D eigenvalue weighted by Gasteiger charge is 2.20. The summed E-state index contributed by atoms with van der Waals surface area (Å²) in [5.74, 6) is 2.42. The van der Waals surface area contributed by atoms with Crippen molar-refractivity contribution >= 4 is 17.7 Å². The second-order valence-electron chi connectivity index (χ2n) is 5.92. The molecule has 1 saturated heterocycles. The molecular formula is C19H22N2O3S. The fourth-order valence-electron chi connectivity index (χ4n) is 2.74. The SMILES string of the molecule is O=C(c1ccnc(OC2CCSC2)c1)N(CCO)Cc1ccccc1. The minimum Gasteiger partial charge on any atom is -0.473 e. The number of aliphatic hydroxyl groups excluding tert-OH is 1. The molecule has 1 unspecified atom stereocenters. The molecule has 0 aliphatic carbocycles. The molecule has 2 heterocycles. The molecule has 132 valence electrons. The van der Waals surface area contributed by atoms with Crippen molar-refractivity contribution in [2.45, 2.75) is 19.1 Å². The van der Waals surface area contributed by atoms with E-state index in [2.05, 4.69) is 4.98 Å². The lowest BCUT2D eigenvalue weighted by Gasteiger charge is -2.22. The lowest BCUT2D eigenvalue weighted by atomic mass is 10.2. The van der Waals surface area contributed by atoms with E-state index in [1.54, 1.807) is 23.2 Å². The monoisotopic (exact) mass is 358 g/mol. The summed E-state index contributed by atoms with van der Waals surface area (Å²) < 4.78 is 5.87. The fraction of sp³-hybridized carbons (Fsp3) is 0.368. The molecule has 3 rings (SSSR count). The third-order valence-corrected chi connectivity index (χ3v) is 5.16. The predicted molar refractivity (Wildman–Crippen MR) is 98.9 cm³/mol. The Morgan fingerprint density at radius 2 is 2.16 bits per heavy atom. The van der Waals surface area contributed by atoms with E-state index in [-0.39, 0.29) is 25.2 Å². The Kier molecular flexibility index (Phi) is 6.30. The average molecular weight is 358 g/mol. The summed E-state index contributed by atoms with van der Waals surface area (Å²) >= 11 is 1.87. The van der Waals surface area contributed by atoms with E-state index in [0.717, 1.165) is 23.5 Å². The third kappa shape index (κ3) is 4.96. The van der Waals surface area contributed by atoms with Crippen molar-refractivity contribution in [3.05, 3.63) is 59.8 Å². The molecule has 1 aliphatic rings. The molecule has 1 amide bonds. The largest absolute Gasteiger partial charge is 0.473 e. The number of amides is 1. The topological polar surface area (TPSA) is 62.7 Å². The van der Waals surface area contributed by atoms with Crippen LogP contribution in [0.5, 0.6) is 5.88 Å². The van der Waals surface area contributed by atoms with Gasteiger partial charge >= 0.3 is 0 Å². The molecule has 1 aliphatic heterocycles. The number of ether oxygens (including phenoxy) is 1. The molecule has 0 saturated carbocycles. The number of hydrogen-bond acceptors (Lipinski definition) is 5. The molecule has 1 atom stereocenters. The van der Waals surface area contributed by atoms with Crippen molar-refractivity contribution < 1.29 is 14.6 Å². The predicted octanol–water partition coefficient (Wildman–Crippen LogP) is 2.60. The quantitative estimate of drug-likeness (QED) is 0.824. The molecule has 1 fully saturated rings. The van der Waals surface area contributed by atoms with Crippen LogP contribution in [-0.4, -0.2) is 51.7 Å². The summed E-state index contributed by atoms with van der Waals surface area (Å²) in [6.07, 6.45) is 2.78. The zero-order chi connectivity index (χ0) is 17.5. The van der Waals surface area contributed by atoms with E-state index in [0.29, 0.717) is 18.0 Å². The van der Waals surface area contributed by atoms with Gasteiger partial charge < -0.3 is 14.7 Å². The van der Waals surface area contributed by atoms with Crippen LogP contribution in [0.4, 0.5) is 0 Å². The number of aliphatic hydroxyl groups is 1. The van der Waals surface area contributed by atoms with Gasteiger partial charge in [0.1, 0.15) is 6.10 Å². The maximum atomic E-state index is 12.9. The van der Waals surface area contributed by atoms with Crippen LogP contribution in [0, 0.1) is 0 Å². The Morgan fingerprint density at radius 3 is 2.88 bits per heavy atom. The van der Waals surface area contributed by atoms with Crippen LogP contribution in [-0.2, 0) is 6.54 Å². The molecule has 0 bridgehead atoms. The highest BCUT2D eigenvalue weighted by atomic mass is 32.2. The van der Waals surface area contributed by atoms with Gasteiger partial charge in [-0.25, -0.2) is 4.98 Å². The highest BCUT2D eigenvalue weighted by Crippen LogP contribution is 2.22. The number of thioether (sulfide) groups is 1. The van der Waals surface area contributed by atoms with E-state index in [9.17, 15) is 9.90 Å². The van der Waals surface area contributed by atoms with Crippen molar-refractivity contribution in [1.82, 2.24) is 9.88 Å². The van der Waals surface area contributed by atoms with Crippen molar-refractivity contribution in [3.8, 4) is 5.88 Å². The van der Waals surface area contributed by atoms with Gasteiger partial charge in [0.2, 0.25) is 5.88 Å². The van der Waals surface area contributed by atoms with Crippen molar-refractivity contribution in [1.29, 1.82) is 0 Å². The van der Waals surface area contributed by atoms with E-state index >= 15 is 0 Å². The molecule has 5 nitrogen and oxygen atoms in total. The normalized spacial score (nSPS) is 16.6. The van der Waals surface area contributed by atoms with Crippen molar-refractivity contribution in [3.63, 3.8) is 0 Å². The Balaban J connectivity index is 1.72. The number of benzene rings is 1. The zero-order valence-electron chi connectivity index (χ0n) is 14.0. The average Bonchev–Trinajstić information content (AvgIpc) is 3.15. The number of hydrogen-bond donors (Lipinski definition) is 1. The Labute approximate surface area is 152 Å². The van der Waals surface area contributed by atoms with Crippen molar-refractivity contribution in [2.75, 3.05) is 24.7 Å². The molecule has 25 heavy (non-hydrogen) atoms. The van der Waals surface area contributed by atoms with E-state index in [1.807, 2.05) is 42.1 Å². The van der Waals surface area contributed by atoms with Crippen LogP contribution in [0.2, 0.25) is 0 Å². The summed E-state index contributed by atoms with van der Waals surface area (Å²) in [6.45, 7) is 0.663. The molecule has 2 aromatic rings. The number of pyridine rings is 1. The summed E-state index contributed by atoms with van der Waals surface area (Å²) in [6, 6.07) is 13.1. The maximum Gasteiger partial charge on any atom is 0.254 e. The first-order valence-corrected chi connectivity index (χ1v) is 9.56. The van der Waals surface area contributed by atoms with Gasteiger partial charge in [0.15, 0.2) is 0 Å². The molecule has 6 heteroatoms. The molecule has 1 aromatic carbocycles. The van der Waals surface area contributed by atoms with Crippen LogP contribution in [0.15, 0.2) is 48.7 Å². The summed E-state index contributed by atoms with van der Waals surface area (Å²) in [5, 5.41) is 9.32. The second-order valence-corrected chi connectivity index (χ2v) is 7.07. The van der Waals surface area contributed by atoms with Crippen LogP contribution in [0.3, 0.4) is 0 Å². The smallest absolute Gasteiger partial charge is 0.254 e. The number of rotatable bonds is 7. The number of carbonyl (C=O) groups is 1. The van der Waals surface area contributed by atoms with Gasteiger partial charge in [-0.2, -0.15) is 11.8 Å². The minimum absolute atomic E-state index is 0.0771. The van der Waals surface area contributed by atoms with Gasteiger partial charge in [-0.15, -0.1) is 0 Å². The van der Waals surface area contributed by atoms with Gasteiger partial charge in [-0.3, -0.25) is 4.79 Å². The molecular weight excluding hydrogens is 336 g/mol. The number of carbonyl (C=O) groups excluding carboxylic acids is 1. The van der Waals surface area contributed by atoms with Gasteiger partial charge in [0.05, 0.1) is 6.61 Å². The lowest BCUT2D eigenvalue weighted by molar-refractivity contribution is 0.0707. The standard InChI is InChI=1S/C19H22N2O3S/c22-10-9-21(13-15-4-2-1-3-5-15)19(23)16-6-8-20-18(12-16)24-17-7-11-25-14-17/h1-6,8,12,17,22H,7,9-11,13-14H2. The van der Waals surface area contributed by atoms with Crippen LogP contribution >= 0.6 is 11.8 Å². The van der Waals surface area contributed by atoms with E-state index in [1.165, 1.54) is 0 Å². The van der Waals surface area contributed by atoms with E-state index in [4.69, 9.17) is 4.74 Å². The molecule has 1 aromatic heterocycles. The third-order valence-electron chi connectivity index (χ3n) is 4.03. The lowest BCUT2D eigenvalue weighted by Crippen LogP contribution is -2.33. The van der Waals surface area contributed by atoms with Crippen LogP contribution < -0.4 is 4.74 Å². The number of aromatic nitrogens is 1. The van der Waals surface area contributed by atoms with Crippen molar-refractivity contribution in [2.24, 2.45) is 0 Å².